The third kappa shape index (κ3) is 2.43. The molecule has 2 fully saturated rings. The van der Waals surface area contributed by atoms with Crippen LogP contribution in [-0.4, -0.2) is 26.2 Å². The van der Waals surface area contributed by atoms with Gasteiger partial charge in [0.1, 0.15) is 5.75 Å². The zero-order valence-electron chi connectivity index (χ0n) is 13.0. The first-order valence-corrected chi connectivity index (χ1v) is 9.85. The van der Waals surface area contributed by atoms with Gasteiger partial charge in [-0.2, -0.15) is 0 Å². The van der Waals surface area contributed by atoms with Gasteiger partial charge in [-0.1, -0.05) is 31.0 Å². The minimum absolute atomic E-state index is 0.232. The highest BCUT2D eigenvalue weighted by Gasteiger charge is 2.61. The van der Waals surface area contributed by atoms with Gasteiger partial charge < -0.3 is 4.74 Å². The van der Waals surface area contributed by atoms with Crippen molar-refractivity contribution in [2.24, 2.45) is 5.92 Å². The summed E-state index contributed by atoms with van der Waals surface area (Å²) in [6.07, 6.45) is 4.66. The number of sulfonamides is 1. The van der Waals surface area contributed by atoms with Crippen LogP contribution in [0.15, 0.2) is 24.3 Å². The van der Waals surface area contributed by atoms with E-state index in [0.29, 0.717) is 25.9 Å². The molecular weight excluding hydrogens is 314 g/mol. The van der Waals surface area contributed by atoms with E-state index in [1.54, 1.807) is 0 Å². The number of carbonyl (C=O) groups excluding carboxylic acids is 1. The number of benzene rings is 1. The van der Waals surface area contributed by atoms with Crippen LogP contribution in [0, 0.1) is 5.92 Å². The molecule has 5 nitrogen and oxygen atoms in total. The number of nitrogens with one attached hydrogen (secondary N) is 1. The quantitative estimate of drug-likeness (QED) is 0.918. The van der Waals surface area contributed by atoms with E-state index in [1.807, 2.05) is 24.3 Å². The van der Waals surface area contributed by atoms with Crippen molar-refractivity contribution in [1.82, 2.24) is 4.72 Å². The van der Waals surface area contributed by atoms with Crippen molar-refractivity contribution in [2.75, 3.05) is 6.61 Å². The summed E-state index contributed by atoms with van der Waals surface area (Å²) in [5, 5.41) is -0.400. The van der Waals surface area contributed by atoms with E-state index >= 15 is 0 Å². The number of carbonyl (C=O) groups is 1. The fraction of sp³-hybridized carbons (Fsp3) is 0.588. The summed E-state index contributed by atoms with van der Waals surface area (Å²) >= 11 is 0. The molecule has 0 radical (unpaired) electrons. The van der Waals surface area contributed by atoms with Gasteiger partial charge in [-0.3, -0.25) is 9.52 Å². The second-order valence-corrected chi connectivity index (χ2v) is 8.89. The van der Waals surface area contributed by atoms with Gasteiger partial charge in [0, 0.05) is 16.9 Å². The Morgan fingerprint density at radius 1 is 1.22 bits per heavy atom. The van der Waals surface area contributed by atoms with Gasteiger partial charge in [0.15, 0.2) is 0 Å². The zero-order chi connectivity index (χ0) is 16.1. The molecule has 23 heavy (non-hydrogen) atoms. The summed E-state index contributed by atoms with van der Waals surface area (Å²) in [7, 11) is -3.53. The molecule has 0 saturated heterocycles. The highest BCUT2D eigenvalue weighted by Crippen LogP contribution is 2.60. The van der Waals surface area contributed by atoms with Crippen molar-refractivity contribution in [3.63, 3.8) is 0 Å². The molecule has 0 unspecified atom stereocenters. The minimum atomic E-state index is -3.53. The Kier molecular flexibility index (Phi) is 3.41. The molecule has 1 N–H and O–H groups in total. The molecule has 0 bridgehead atoms. The maximum Gasteiger partial charge on any atom is 0.237 e. The number of ether oxygens (including phenoxy) is 1. The normalized spacial score (nSPS) is 29.8. The SMILES string of the molecule is O=C(NS(=O)(=O)C1CCCC1)[C@H]1C[C@@]12CCOc1ccccc12. The summed E-state index contributed by atoms with van der Waals surface area (Å²) in [4.78, 5) is 12.5. The average molecular weight is 335 g/mol. The van der Waals surface area contributed by atoms with E-state index in [4.69, 9.17) is 4.74 Å². The van der Waals surface area contributed by atoms with Gasteiger partial charge in [0.05, 0.1) is 11.9 Å². The Morgan fingerprint density at radius 3 is 2.74 bits per heavy atom. The van der Waals surface area contributed by atoms with Crippen molar-refractivity contribution >= 4 is 15.9 Å². The first kappa shape index (κ1) is 15.0. The number of hydrogen-bond acceptors (Lipinski definition) is 4. The van der Waals surface area contributed by atoms with Crippen molar-refractivity contribution in [1.29, 1.82) is 0 Å². The lowest BCUT2D eigenvalue weighted by Crippen LogP contribution is -2.39. The zero-order valence-corrected chi connectivity index (χ0v) is 13.8. The fourth-order valence-corrected chi connectivity index (χ4v) is 5.74. The monoisotopic (exact) mass is 335 g/mol. The highest BCUT2D eigenvalue weighted by molar-refractivity contribution is 7.90. The van der Waals surface area contributed by atoms with Gasteiger partial charge >= 0.3 is 0 Å². The molecule has 4 rings (SSSR count). The largest absolute Gasteiger partial charge is 0.493 e. The minimum Gasteiger partial charge on any atom is -0.493 e. The van der Waals surface area contributed by atoms with Crippen LogP contribution in [-0.2, 0) is 20.2 Å². The van der Waals surface area contributed by atoms with Crippen LogP contribution in [0.5, 0.6) is 5.75 Å². The Labute approximate surface area is 136 Å². The third-order valence-corrected chi connectivity index (χ3v) is 7.44. The maximum atomic E-state index is 12.5. The first-order valence-electron chi connectivity index (χ1n) is 8.31. The molecule has 6 heteroatoms. The third-order valence-electron chi connectivity index (χ3n) is 5.60. The van der Waals surface area contributed by atoms with Crippen LogP contribution in [0.25, 0.3) is 0 Å². The summed E-state index contributed by atoms with van der Waals surface area (Å²) in [5.74, 6) is 0.227. The van der Waals surface area contributed by atoms with Crippen molar-refractivity contribution < 1.29 is 17.9 Å². The van der Waals surface area contributed by atoms with Crippen LogP contribution in [0.3, 0.4) is 0 Å². The van der Waals surface area contributed by atoms with E-state index in [1.165, 1.54) is 0 Å². The molecular formula is C17H21NO4S. The number of para-hydroxylation sites is 1. The Hall–Kier alpha value is -1.56. The molecule has 1 aromatic rings. The second-order valence-electron chi connectivity index (χ2n) is 6.93. The van der Waals surface area contributed by atoms with Gasteiger partial charge in [0.25, 0.3) is 0 Å². The van der Waals surface area contributed by atoms with Crippen molar-refractivity contribution in [2.45, 2.75) is 49.2 Å². The van der Waals surface area contributed by atoms with Gasteiger partial charge in [-0.25, -0.2) is 8.42 Å². The molecule has 1 heterocycles. The average Bonchev–Trinajstić information content (AvgIpc) is 2.98. The van der Waals surface area contributed by atoms with Crippen LogP contribution in [0.2, 0.25) is 0 Å². The van der Waals surface area contributed by atoms with E-state index in [0.717, 1.165) is 30.6 Å². The molecule has 1 spiro atoms. The van der Waals surface area contributed by atoms with Gasteiger partial charge in [-0.15, -0.1) is 0 Å². The van der Waals surface area contributed by atoms with Gasteiger partial charge in [0.2, 0.25) is 15.9 Å². The number of fused-ring (bicyclic) bond motifs is 2. The van der Waals surface area contributed by atoms with E-state index < -0.39 is 15.3 Å². The summed E-state index contributed by atoms with van der Waals surface area (Å²) in [6, 6.07) is 7.77. The Morgan fingerprint density at radius 2 is 1.96 bits per heavy atom. The first-order chi connectivity index (χ1) is 11.0. The van der Waals surface area contributed by atoms with E-state index in [9.17, 15) is 13.2 Å². The molecule has 2 saturated carbocycles. The molecule has 2 atom stereocenters. The topological polar surface area (TPSA) is 72.5 Å². The molecule has 1 aliphatic heterocycles. The van der Waals surface area contributed by atoms with Crippen LogP contribution in [0.1, 0.15) is 44.1 Å². The van der Waals surface area contributed by atoms with Crippen molar-refractivity contribution in [3.8, 4) is 5.75 Å². The molecule has 124 valence electrons. The maximum absolute atomic E-state index is 12.5. The molecule has 2 aliphatic carbocycles. The molecule has 1 aromatic carbocycles. The Bertz CT molecular complexity index is 739. The lowest BCUT2D eigenvalue weighted by molar-refractivity contribution is -0.121. The predicted molar refractivity (Wildman–Crippen MR) is 85.7 cm³/mol. The lowest BCUT2D eigenvalue weighted by Gasteiger charge is -2.26. The fourth-order valence-electron chi connectivity index (χ4n) is 4.20. The van der Waals surface area contributed by atoms with Crippen molar-refractivity contribution in [3.05, 3.63) is 29.8 Å². The summed E-state index contributed by atoms with van der Waals surface area (Å²) in [6.45, 7) is 0.580. The van der Waals surface area contributed by atoms with Crippen LogP contribution in [0.4, 0.5) is 0 Å². The lowest BCUT2D eigenvalue weighted by atomic mass is 9.87. The molecule has 0 aromatic heterocycles. The highest BCUT2D eigenvalue weighted by atomic mass is 32.2. The van der Waals surface area contributed by atoms with Crippen LogP contribution < -0.4 is 9.46 Å². The second kappa shape index (κ2) is 5.23. The number of rotatable bonds is 3. The standard InChI is InChI=1S/C17H21NO4S/c19-16(18-23(20,21)12-5-1-2-6-12)14-11-17(14)9-10-22-15-8-4-3-7-13(15)17/h3-4,7-8,12,14H,1-2,5-6,9-11H2,(H,18,19)/t14-,17-/m1/s1. The van der Waals surface area contributed by atoms with Crippen LogP contribution >= 0.6 is 0 Å². The number of hydrogen-bond donors (Lipinski definition) is 1. The molecule has 1 amide bonds. The summed E-state index contributed by atoms with van der Waals surface area (Å²) < 4.78 is 32.7. The smallest absolute Gasteiger partial charge is 0.237 e. The van der Waals surface area contributed by atoms with E-state index in [2.05, 4.69) is 4.72 Å². The molecule has 3 aliphatic rings. The Balaban J connectivity index is 1.52. The van der Waals surface area contributed by atoms with E-state index in [-0.39, 0.29) is 17.2 Å². The summed E-state index contributed by atoms with van der Waals surface area (Å²) in [5.41, 5.74) is 0.814. The predicted octanol–water partition coefficient (Wildman–Crippen LogP) is 2.12. The van der Waals surface area contributed by atoms with Gasteiger partial charge in [-0.05, 0) is 31.7 Å². The number of amides is 1.